The van der Waals surface area contributed by atoms with Gasteiger partial charge in [0.05, 0.1) is 30.1 Å². The van der Waals surface area contributed by atoms with E-state index in [9.17, 15) is 9.59 Å². The molecule has 8 nitrogen and oxygen atoms in total. The number of carbonyl (C=O) groups is 2. The van der Waals surface area contributed by atoms with Gasteiger partial charge in [-0.05, 0) is 0 Å². The van der Waals surface area contributed by atoms with E-state index in [4.69, 9.17) is 10.2 Å². The maximum atomic E-state index is 11.8. The lowest BCUT2D eigenvalue weighted by Gasteiger charge is -2.10. The Labute approximate surface area is 101 Å². The van der Waals surface area contributed by atoms with Crippen LogP contribution >= 0.6 is 0 Å². The van der Waals surface area contributed by atoms with Crippen molar-refractivity contribution in [1.29, 1.82) is 0 Å². The molecule has 0 bridgehead atoms. The van der Waals surface area contributed by atoms with Crippen molar-refractivity contribution in [2.24, 2.45) is 0 Å². The summed E-state index contributed by atoms with van der Waals surface area (Å²) in [6, 6.07) is -1.34. The number of carboxylic acid groups (broad SMARTS) is 1. The summed E-state index contributed by atoms with van der Waals surface area (Å²) in [5.41, 5.74) is 0.653. The van der Waals surface area contributed by atoms with E-state index in [1.165, 1.54) is 23.1 Å². The first-order valence-electron chi connectivity index (χ1n) is 5.05. The average Bonchev–Trinajstić information content (AvgIpc) is 2.79. The van der Waals surface area contributed by atoms with E-state index in [1.54, 1.807) is 6.20 Å². The van der Waals surface area contributed by atoms with E-state index in [1.807, 2.05) is 0 Å². The number of hydrogen-bond acceptors (Lipinski definition) is 5. The molecule has 0 aromatic carbocycles. The minimum absolute atomic E-state index is 0.197. The number of aromatic nitrogens is 3. The lowest BCUT2D eigenvalue weighted by Crippen LogP contribution is -2.43. The van der Waals surface area contributed by atoms with Crippen molar-refractivity contribution in [2.45, 2.75) is 6.04 Å². The molecule has 0 fully saturated rings. The van der Waals surface area contributed by atoms with Gasteiger partial charge >= 0.3 is 5.97 Å². The fourth-order valence-corrected chi connectivity index (χ4v) is 1.43. The number of nitrogens with zero attached hydrogens (tertiary/aromatic N) is 3. The van der Waals surface area contributed by atoms with Crippen molar-refractivity contribution in [3.8, 4) is 0 Å². The first-order valence-corrected chi connectivity index (χ1v) is 5.05. The van der Waals surface area contributed by atoms with Crippen LogP contribution < -0.4 is 5.32 Å². The molecular weight excluding hydrogens is 240 g/mol. The molecule has 2 heterocycles. The first kappa shape index (κ1) is 12.0. The van der Waals surface area contributed by atoms with Crippen LogP contribution in [0, 0.1) is 0 Å². The summed E-state index contributed by atoms with van der Waals surface area (Å²) in [6.07, 6.45) is 5.82. The van der Waals surface area contributed by atoms with Gasteiger partial charge in [-0.25, -0.2) is 9.31 Å². The number of rotatable bonds is 4. The van der Waals surface area contributed by atoms with Gasteiger partial charge in [0.25, 0.3) is 5.91 Å². The molecule has 0 spiro atoms. The molecule has 18 heavy (non-hydrogen) atoms. The molecule has 2 aromatic rings. The minimum atomic E-state index is -1.34. The Balaban J connectivity index is 2.26. The smallest absolute Gasteiger partial charge is 0.328 e. The quantitative estimate of drug-likeness (QED) is 0.634. The molecule has 1 unspecified atom stereocenters. The third kappa shape index (κ3) is 2.13. The third-order valence-corrected chi connectivity index (χ3v) is 2.36. The average molecular weight is 250 g/mol. The van der Waals surface area contributed by atoms with Crippen molar-refractivity contribution in [3.63, 3.8) is 0 Å². The first-order chi connectivity index (χ1) is 8.63. The molecule has 3 N–H and O–H groups in total. The Morgan fingerprint density at radius 3 is 2.89 bits per heavy atom. The second-order valence-electron chi connectivity index (χ2n) is 3.51. The summed E-state index contributed by atoms with van der Waals surface area (Å²) in [5, 5.41) is 23.7. The summed E-state index contributed by atoms with van der Waals surface area (Å²) >= 11 is 0. The fraction of sp³-hybridized carbons (Fsp3) is 0.200. The van der Waals surface area contributed by atoms with Crippen LogP contribution in [-0.2, 0) is 4.79 Å². The molecule has 8 heteroatoms. The predicted octanol–water partition coefficient (Wildman–Crippen LogP) is -1.10. The molecule has 2 rings (SSSR count). The summed E-state index contributed by atoms with van der Waals surface area (Å²) < 4.78 is 1.44. The van der Waals surface area contributed by atoms with Crippen molar-refractivity contribution >= 4 is 17.4 Å². The zero-order valence-electron chi connectivity index (χ0n) is 9.15. The predicted molar refractivity (Wildman–Crippen MR) is 59.0 cm³/mol. The zero-order chi connectivity index (χ0) is 13.1. The number of fused-ring (bicyclic) bond motifs is 1. The Bertz CT molecular complexity index is 594. The van der Waals surface area contributed by atoms with Crippen LogP contribution in [0.25, 0.3) is 5.52 Å². The number of aliphatic carboxylic acids is 1. The van der Waals surface area contributed by atoms with E-state index in [0.29, 0.717) is 5.52 Å². The molecular formula is C10H10N4O4. The molecule has 0 radical (unpaired) electrons. The van der Waals surface area contributed by atoms with Gasteiger partial charge in [-0.3, -0.25) is 9.78 Å². The third-order valence-electron chi connectivity index (χ3n) is 2.36. The molecule has 0 aliphatic heterocycles. The largest absolute Gasteiger partial charge is 0.480 e. The molecule has 2 aromatic heterocycles. The van der Waals surface area contributed by atoms with Crippen LogP contribution in [0.5, 0.6) is 0 Å². The molecule has 0 saturated heterocycles. The maximum Gasteiger partial charge on any atom is 0.328 e. The van der Waals surface area contributed by atoms with Crippen LogP contribution in [0.15, 0.2) is 24.8 Å². The van der Waals surface area contributed by atoms with Gasteiger partial charge in [-0.1, -0.05) is 0 Å². The van der Waals surface area contributed by atoms with E-state index in [2.05, 4.69) is 15.4 Å². The molecule has 1 amide bonds. The zero-order valence-corrected chi connectivity index (χ0v) is 9.15. The number of carbonyl (C=O) groups excluding carboxylic acids is 1. The van der Waals surface area contributed by atoms with Gasteiger partial charge in [0.1, 0.15) is 0 Å². The summed E-state index contributed by atoms with van der Waals surface area (Å²) in [6.45, 7) is -0.682. The van der Waals surface area contributed by atoms with Gasteiger partial charge in [0, 0.05) is 12.4 Å². The SMILES string of the molecule is O=C(NC(CO)C(=O)O)c1cnn2ccncc12. The molecule has 1 atom stereocenters. The second-order valence-corrected chi connectivity index (χ2v) is 3.51. The second kappa shape index (κ2) is 4.80. The van der Waals surface area contributed by atoms with Gasteiger partial charge in [-0.15, -0.1) is 0 Å². The van der Waals surface area contributed by atoms with Crippen molar-refractivity contribution in [2.75, 3.05) is 6.61 Å². The normalized spacial score (nSPS) is 12.3. The van der Waals surface area contributed by atoms with E-state index in [0.717, 1.165) is 0 Å². The van der Waals surface area contributed by atoms with Gasteiger partial charge < -0.3 is 15.5 Å². The number of amides is 1. The standard InChI is InChI=1S/C10H10N4O4/c15-5-7(10(17)18)13-9(16)6-3-12-14-2-1-11-4-8(6)14/h1-4,7,15H,5H2,(H,13,16)(H,17,18). The van der Waals surface area contributed by atoms with E-state index in [-0.39, 0.29) is 5.56 Å². The summed E-state index contributed by atoms with van der Waals surface area (Å²) in [4.78, 5) is 26.4. The maximum absolute atomic E-state index is 11.8. The van der Waals surface area contributed by atoms with Crippen molar-refractivity contribution < 1.29 is 19.8 Å². The number of hydrogen-bond donors (Lipinski definition) is 3. The van der Waals surface area contributed by atoms with Crippen LogP contribution in [0.3, 0.4) is 0 Å². The van der Waals surface area contributed by atoms with Gasteiger partial charge in [-0.2, -0.15) is 5.10 Å². The Morgan fingerprint density at radius 2 is 2.22 bits per heavy atom. The van der Waals surface area contributed by atoms with E-state index < -0.39 is 24.5 Å². The van der Waals surface area contributed by atoms with Crippen molar-refractivity contribution in [3.05, 3.63) is 30.4 Å². The monoisotopic (exact) mass is 250 g/mol. The molecule has 0 aliphatic rings. The fourth-order valence-electron chi connectivity index (χ4n) is 1.43. The van der Waals surface area contributed by atoms with Gasteiger partial charge in [0.15, 0.2) is 6.04 Å². The highest BCUT2D eigenvalue weighted by atomic mass is 16.4. The molecule has 94 valence electrons. The molecule has 0 aliphatic carbocycles. The number of carboxylic acids is 1. The molecule has 0 saturated carbocycles. The number of nitrogens with one attached hydrogen (secondary N) is 1. The Hall–Kier alpha value is -2.48. The Kier molecular flexibility index (Phi) is 3.20. The highest BCUT2D eigenvalue weighted by Gasteiger charge is 2.21. The number of aliphatic hydroxyl groups excluding tert-OH is 1. The minimum Gasteiger partial charge on any atom is -0.480 e. The summed E-state index contributed by atoms with van der Waals surface area (Å²) in [5.74, 6) is -1.93. The highest BCUT2D eigenvalue weighted by molar-refractivity contribution is 6.02. The topological polar surface area (TPSA) is 117 Å². The number of aliphatic hydroxyl groups is 1. The van der Waals surface area contributed by atoms with Gasteiger partial charge in [0.2, 0.25) is 0 Å². The highest BCUT2D eigenvalue weighted by Crippen LogP contribution is 2.08. The van der Waals surface area contributed by atoms with Crippen LogP contribution in [0.4, 0.5) is 0 Å². The van der Waals surface area contributed by atoms with Crippen LogP contribution in [0.2, 0.25) is 0 Å². The lowest BCUT2D eigenvalue weighted by atomic mass is 10.2. The van der Waals surface area contributed by atoms with Crippen LogP contribution in [0.1, 0.15) is 10.4 Å². The van der Waals surface area contributed by atoms with Crippen LogP contribution in [-0.4, -0.2) is 49.3 Å². The van der Waals surface area contributed by atoms with E-state index >= 15 is 0 Å². The van der Waals surface area contributed by atoms with Crippen molar-refractivity contribution in [1.82, 2.24) is 19.9 Å². The summed E-state index contributed by atoms with van der Waals surface area (Å²) in [7, 11) is 0. The lowest BCUT2D eigenvalue weighted by molar-refractivity contribution is -0.140. The Morgan fingerprint density at radius 1 is 1.44 bits per heavy atom.